The van der Waals surface area contributed by atoms with Crippen molar-refractivity contribution in [1.29, 1.82) is 0 Å². The molecule has 0 spiro atoms. The predicted molar refractivity (Wildman–Crippen MR) is 70.1 cm³/mol. The molecule has 94 valence electrons. The van der Waals surface area contributed by atoms with Gasteiger partial charge in [-0.1, -0.05) is 0 Å². The van der Waals surface area contributed by atoms with Gasteiger partial charge in [0.2, 0.25) is 0 Å². The van der Waals surface area contributed by atoms with E-state index < -0.39 is 8.32 Å². The van der Waals surface area contributed by atoms with Gasteiger partial charge in [0, 0.05) is 0 Å². The van der Waals surface area contributed by atoms with Crippen LogP contribution in [0.2, 0.25) is 19.6 Å². The maximum atomic E-state index is 6.69. The lowest BCUT2D eigenvalue weighted by atomic mass is 9.77. The summed E-state index contributed by atoms with van der Waals surface area (Å²) in [5.41, 5.74) is 0.424. The maximum Gasteiger partial charge on any atom is 0.184 e. The van der Waals surface area contributed by atoms with Crippen molar-refractivity contribution in [2.45, 2.75) is 50.9 Å². The monoisotopic (exact) mass is 248 g/mol. The largest absolute Gasteiger partial charge is 0.412 e. The van der Waals surface area contributed by atoms with Gasteiger partial charge < -0.3 is 4.43 Å². The first-order valence-electron chi connectivity index (χ1n) is 7.70. The summed E-state index contributed by atoms with van der Waals surface area (Å²) in [6, 6.07) is 0. The number of hydrogen-bond acceptors (Lipinski definition) is 1. The molecule has 0 N–H and O–H groups in total. The molecule has 0 amide bonds. The summed E-state index contributed by atoms with van der Waals surface area (Å²) >= 11 is 0. The fourth-order valence-corrected chi connectivity index (χ4v) is 8.04. The quantitative estimate of drug-likeness (QED) is 0.679. The van der Waals surface area contributed by atoms with Gasteiger partial charge in [0.25, 0.3) is 0 Å². The van der Waals surface area contributed by atoms with E-state index in [0.717, 1.165) is 35.5 Å². The normalized spacial score (nSPS) is 65.5. The van der Waals surface area contributed by atoms with Crippen molar-refractivity contribution in [3.8, 4) is 0 Å². The van der Waals surface area contributed by atoms with Gasteiger partial charge in [-0.2, -0.15) is 0 Å². The summed E-state index contributed by atoms with van der Waals surface area (Å²) in [6.07, 6.45) is 6.17. The molecule has 2 bridgehead atoms. The fourth-order valence-electron chi connectivity index (χ4n) is 6.51. The molecular weight excluding hydrogens is 224 g/mol. The molecule has 0 radical (unpaired) electrons. The standard InChI is InChI=1S/C15H24OSi/c1-17(2,3)16-15-7-13(15)11-6-12(15)10-5-8-4-9(8)14(10)11/h8-14H,4-7H2,1-3H3/t8-,9-,10+,11+,12+,13-,14+,15-/m1/s1. The van der Waals surface area contributed by atoms with E-state index in [9.17, 15) is 0 Å². The Bertz CT molecular complexity index is 398. The van der Waals surface area contributed by atoms with Gasteiger partial charge in [0.15, 0.2) is 8.32 Å². The van der Waals surface area contributed by atoms with Crippen molar-refractivity contribution in [2.75, 3.05) is 0 Å². The Morgan fingerprint density at radius 1 is 0.941 bits per heavy atom. The Morgan fingerprint density at radius 3 is 2.41 bits per heavy atom. The van der Waals surface area contributed by atoms with E-state index in [1.165, 1.54) is 12.3 Å². The minimum Gasteiger partial charge on any atom is -0.412 e. The first kappa shape index (κ1) is 10.0. The lowest BCUT2D eigenvalue weighted by Gasteiger charge is -2.37. The van der Waals surface area contributed by atoms with Gasteiger partial charge in [0.1, 0.15) is 0 Å². The zero-order valence-corrected chi connectivity index (χ0v) is 12.3. The molecule has 1 nitrogen and oxygen atoms in total. The molecule has 0 unspecified atom stereocenters. The van der Waals surface area contributed by atoms with Crippen molar-refractivity contribution in [2.24, 2.45) is 41.4 Å². The molecule has 17 heavy (non-hydrogen) atoms. The van der Waals surface area contributed by atoms with Crippen LogP contribution in [0.1, 0.15) is 25.7 Å². The molecule has 0 aromatic heterocycles. The maximum absolute atomic E-state index is 6.69. The molecule has 2 heteroatoms. The number of hydrogen-bond donors (Lipinski definition) is 0. The molecule has 0 aromatic rings. The van der Waals surface area contributed by atoms with E-state index in [1.54, 1.807) is 19.3 Å². The molecule has 0 aromatic carbocycles. The predicted octanol–water partition coefficient (Wildman–Crippen LogP) is 3.52. The zero-order chi connectivity index (χ0) is 11.6. The van der Waals surface area contributed by atoms with E-state index >= 15 is 0 Å². The van der Waals surface area contributed by atoms with Crippen LogP contribution in [-0.2, 0) is 4.43 Å². The summed E-state index contributed by atoms with van der Waals surface area (Å²) in [6.45, 7) is 7.15. The van der Waals surface area contributed by atoms with E-state index in [-0.39, 0.29) is 0 Å². The molecule has 5 aliphatic rings. The van der Waals surface area contributed by atoms with Crippen LogP contribution in [-0.4, -0.2) is 13.9 Å². The van der Waals surface area contributed by atoms with Crippen LogP contribution < -0.4 is 0 Å². The third-order valence-corrected chi connectivity index (χ3v) is 7.72. The highest BCUT2D eigenvalue weighted by Gasteiger charge is 2.79. The third-order valence-electron chi connectivity index (χ3n) is 6.73. The SMILES string of the molecule is C[Si](C)(C)O[C@@]12C[C@@H]1[C@@H]1C[C@H]2[C@@H]2C[C@H]3C[C@H]3[C@H]12. The zero-order valence-electron chi connectivity index (χ0n) is 11.3. The molecule has 0 heterocycles. The summed E-state index contributed by atoms with van der Waals surface area (Å²) < 4.78 is 6.69. The molecule has 0 aliphatic heterocycles. The lowest BCUT2D eigenvalue weighted by molar-refractivity contribution is 0.0476. The van der Waals surface area contributed by atoms with Crippen LogP contribution >= 0.6 is 0 Å². The second-order valence-corrected chi connectivity index (χ2v) is 13.1. The van der Waals surface area contributed by atoms with E-state index in [2.05, 4.69) is 19.6 Å². The summed E-state index contributed by atoms with van der Waals surface area (Å²) in [5.74, 6) is 7.69. The molecule has 5 aliphatic carbocycles. The highest BCUT2D eigenvalue weighted by Crippen LogP contribution is 2.80. The number of rotatable bonds is 2. The lowest BCUT2D eigenvalue weighted by Crippen LogP contribution is -2.42. The Morgan fingerprint density at radius 2 is 1.65 bits per heavy atom. The van der Waals surface area contributed by atoms with Crippen LogP contribution in [0.15, 0.2) is 0 Å². The van der Waals surface area contributed by atoms with Gasteiger partial charge in [-0.15, -0.1) is 0 Å². The van der Waals surface area contributed by atoms with Crippen molar-refractivity contribution in [3.05, 3.63) is 0 Å². The van der Waals surface area contributed by atoms with Crippen molar-refractivity contribution in [3.63, 3.8) is 0 Å². The van der Waals surface area contributed by atoms with Crippen LogP contribution in [0, 0.1) is 41.4 Å². The van der Waals surface area contributed by atoms with Crippen molar-refractivity contribution < 1.29 is 4.43 Å². The molecule has 5 saturated carbocycles. The fraction of sp³-hybridized carbons (Fsp3) is 1.00. The Kier molecular flexibility index (Phi) is 1.51. The van der Waals surface area contributed by atoms with Gasteiger partial charge in [0.05, 0.1) is 5.60 Å². The summed E-state index contributed by atoms with van der Waals surface area (Å²) in [4.78, 5) is 0. The third kappa shape index (κ3) is 1.07. The second kappa shape index (κ2) is 2.56. The molecule has 5 rings (SSSR count). The smallest absolute Gasteiger partial charge is 0.184 e. The van der Waals surface area contributed by atoms with Gasteiger partial charge in [-0.05, 0) is 86.7 Å². The second-order valence-electron chi connectivity index (χ2n) is 8.62. The highest BCUT2D eigenvalue weighted by molar-refractivity contribution is 6.69. The topological polar surface area (TPSA) is 9.23 Å². The van der Waals surface area contributed by atoms with Gasteiger partial charge in [-0.3, -0.25) is 0 Å². The first-order valence-corrected chi connectivity index (χ1v) is 11.1. The van der Waals surface area contributed by atoms with Gasteiger partial charge >= 0.3 is 0 Å². The van der Waals surface area contributed by atoms with Crippen LogP contribution in [0.5, 0.6) is 0 Å². The Balaban J connectivity index is 1.47. The number of fused-ring (bicyclic) bond motifs is 10. The first-order chi connectivity index (χ1) is 8.00. The Labute approximate surface area is 105 Å². The Hall–Kier alpha value is 0.177. The van der Waals surface area contributed by atoms with Crippen LogP contribution in [0.25, 0.3) is 0 Å². The highest BCUT2D eigenvalue weighted by atomic mass is 28.4. The minimum atomic E-state index is -1.34. The molecule has 0 saturated heterocycles. The van der Waals surface area contributed by atoms with E-state index in [1.807, 2.05) is 0 Å². The average Bonchev–Trinajstić information content (AvgIpc) is 3.00. The molecule has 8 atom stereocenters. The van der Waals surface area contributed by atoms with Crippen molar-refractivity contribution in [1.82, 2.24) is 0 Å². The summed E-state index contributed by atoms with van der Waals surface area (Å²) in [7, 11) is -1.34. The van der Waals surface area contributed by atoms with Gasteiger partial charge in [-0.25, -0.2) is 0 Å². The average molecular weight is 248 g/mol. The minimum absolute atomic E-state index is 0.424. The molecular formula is C15H24OSi. The molecule has 5 fully saturated rings. The summed E-state index contributed by atoms with van der Waals surface area (Å²) in [5, 5.41) is 0. The van der Waals surface area contributed by atoms with Crippen LogP contribution in [0.3, 0.4) is 0 Å². The van der Waals surface area contributed by atoms with E-state index in [4.69, 9.17) is 4.43 Å². The van der Waals surface area contributed by atoms with E-state index in [0.29, 0.717) is 5.60 Å². The van der Waals surface area contributed by atoms with Crippen molar-refractivity contribution >= 4 is 8.32 Å². The van der Waals surface area contributed by atoms with Crippen LogP contribution in [0.4, 0.5) is 0 Å².